The first-order valence-corrected chi connectivity index (χ1v) is 7.57. The molecule has 102 valence electrons. The quantitative estimate of drug-likeness (QED) is 0.921. The van der Waals surface area contributed by atoms with Crippen LogP contribution in [-0.2, 0) is 17.6 Å². The van der Waals surface area contributed by atoms with Crippen molar-refractivity contribution in [2.45, 2.75) is 49.0 Å². The van der Waals surface area contributed by atoms with Crippen LogP contribution in [0.15, 0.2) is 11.1 Å². The molecule has 1 aromatic rings. The molecule has 2 atom stereocenters. The van der Waals surface area contributed by atoms with Gasteiger partial charge in [0.2, 0.25) is 0 Å². The number of nitrogens with zero attached hydrogens (tertiary/aromatic N) is 1. The molecule has 5 heteroatoms. The minimum atomic E-state index is -0.878. The number of carbonyl (C=O) groups is 1. The molecule has 0 saturated carbocycles. The lowest BCUT2D eigenvalue weighted by Gasteiger charge is -2.15. The number of aromatic nitrogens is 1. The molecule has 2 aliphatic rings. The Hall–Kier alpha value is -1.07. The highest BCUT2D eigenvalue weighted by Gasteiger charge is 2.28. The Morgan fingerprint density at radius 3 is 3.05 bits per heavy atom. The largest absolute Gasteiger partial charge is 0.478 e. The average Bonchev–Trinajstić information content (AvgIpc) is 2.97. The minimum Gasteiger partial charge on any atom is -0.478 e. The van der Waals surface area contributed by atoms with E-state index in [4.69, 9.17) is 4.74 Å². The summed E-state index contributed by atoms with van der Waals surface area (Å²) in [6.07, 6.45) is 4.14. The molecular formula is C14H17NO3S. The Kier molecular flexibility index (Phi) is 3.50. The van der Waals surface area contributed by atoms with E-state index in [0.29, 0.717) is 15.8 Å². The van der Waals surface area contributed by atoms with Crippen molar-refractivity contribution in [1.29, 1.82) is 0 Å². The molecule has 0 spiro atoms. The van der Waals surface area contributed by atoms with Crippen LogP contribution in [0.3, 0.4) is 0 Å². The summed E-state index contributed by atoms with van der Waals surface area (Å²) in [5.74, 6) is -0.878. The van der Waals surface area contributed by atoms with E-state index in [1.54, 1.807) is 11.8 Å². The van der Waals surface area contributed by atoms with Gasteiger partial charge < -0.3 is 9.84 Å². The third-order valence-electron chi connectivity index (χ3n) is 3.82. The first-order valence-electron chi connectivity index (χ1n) is 6.69. The zero-order valence-electron chi connectivity index (χ0n) is 10.9. The standard InChI is InChI=1S/C14H17NO3S/c1-8-12(5-6-18-8)19-13-10(14(16)17)7-9-3-2-4-11(9)15-13/h7-8,12H,2-6H2,1H3,(H,16,17). The summed E-state index contributed by atoms with van der Waals surface area (Å²) >= 11 is 1.56. The van der Waals surface area contributed by atoms with Gasteiger partial charge in [-0.3, -0.25) is 0 Å². The second-order valence-electron chi connectivity index (χ2n) is 5.13. The van der Waals surface area contributed by atoms with Gasteiger partial charge in [0.05, 0.1) is 11.7 Å². The van der Waals surface area contributed by atoms with Gasteiger partial charge in [0.1, 0.15) is 5.03 Å². The van der Waals surface area contributed by atoms with E-state index in [0.717, 1.165) is 43.5 Å². The van der Waals surface area contributed by atoms with Crippen LogP contribution in [0.4, 0.5) is 0 Å². The number of aryl methyl sites for hydroxylation is 2. The number of pyridine rings is 1. The predicted molar refractivity (Wildman–Crippen MR) is 72.9 cm³/mol. The van der Waals surface area contributed by atoms with Crippen LogP contribution in [0.5, 0.6) is 0 Å². The van der Waals surface area contributed by atoms with Crippen LogP contribution in [0.1, 0.15) is 41.4 Å². The zero-order chi connectivity index (χ0) is 13.4. The first kappa shape index (κ1) is 12.9. The molecular weight excluding hydrogens is 262 g/mol. The van der Waals surface area contributed by atoms with Crippen molar-refractivity contribution in [1.82, 2.24) is 4.98 Å². The molecule has 1 saturated heterocycles. The van der Waals surface area contributed by atoms with Gasteiger partial charge in [-0.1, -0.05) is 11.8 Å². The maximum Gasteiger partial charge on any atom is 0.338 e. The van der Waals surface area contributed by atoms with E-state index < -0.39 is 5.97 Å². The highest BCUT2D eigenvalue weighted by molar-refractivity contribution is 8.00. The van der Waals surface area contributed by atoms with Crippen molar-refractivity contribution >= 4 is 17.7 Å². The summed E-state index contributed by atoms with van der Waals surface area (Å²) in [6.45, 7) is 2.80. The number of aromatic carboxylic acids is 1. The van der Waals surface area contributed by atoms with Gasteiger partial charge in [0.15, 0.2) is 0 Å². The molecule has 1 aliphatic heterocycles. The maximum absolute atomic E-state index is 11.4. The number of thioether (sulfide) groups is 1. The summed E-state index contributed by atoms with van der Waals surface area (Å²) in [6, 6.07) is 1.82. The Morgan fingerprint density at radius 1 is 1.53 bits per heavy atom. The van der Waals surface area contributed by atoms with Gasteiger partial charge in [-0.15, -0.1) is 0 Å². The number of carboxylic acid groups (broad SMARTS) is 1. The Labute approximate surface area is 116 Å². The fraction of sp³-hybridized carbons (Fsp3) is 0.571. The lowest BCUT2D eigenvalue weighted by Crippen LogP contribution is -2.15. The van der Waals surface area contributed by atoms with E-state index in [1.807, 2.05) is 13.0 Å². The van der Waals surface area contributed by atoms with Gasteiger partial charge in [-0.05, 0) is 44.2 Å². The number of rotatable bonds is 3. The second kappa shape index (κ2) is 5.13. The van der Waals surface area contributed by atoms with Crippen LogP contribution in [0, 0.1) is 0 Å². The second-order valence-corrected chi connectivity index (χ2v) is 6.35. The molecule has 1 N–H and O–H groups in total. The minimum absolute atomic E-state index is 0.168. The molecule has 1 fully saturated rings. The summed E-state index contributed by atoms with van der Waals surface area (Å²) in [5.41, 5.74) is 2.54. The molecule has 1 aliphatic carbocycles. The lowest BCUT2D eigenvalue weighted by atomic mass is 10.1. The van der Waals surface area contributed by atoms with Crippen molar-refractivity contribution in [3.05, 3.63) is 22.9 Å². The zero-order valence-corrected chi connectivity index (χ0v) is 11.7. The number of hydrogen-bond acceptors (Lipinski definition) is 4. The molecule has 19 heavy (non-hydrogen) atoms. The predicted octanol–water partition coefficient (Wildman–Crippen LogP) is 2.54. The normalized spacial score (nSPS) is 25.5. The number of ether oxygens (including phenoxy) is 1. The molecule has 3 rings (SSSR count). The average molecular weight is 279 g/mol. The molecule has 0 aromatic carbocycles. The Bertz CT molecular complexity index is 518. The van der Waals surface area contributed by atoms with E-state index in [2.05, 4.69) is 4.98 Å². The third kappa shape index (κ3) is 2.49. The van der Waals surface area contributed by atoms with Gasteiger partial charge in [-0.25, -0.2) is 9.78 Å². The SMILES string of the molecule is CC1OCCC1Sc1nc2c(cc1C(=O)O)CCC2. The van der Waals surface area contributed by atoms with Crippen molar-refractivity contribution in [3.63, 3.8) is 0 Å². The van der Waals surface area contributed by atoms with Crippen molar-refractivity contribution < 1.29 is 14.6 Å². The smallest absolute Gasteiger partial charge is 0.338 e. The molecule has 0 radical (unpaired) electrons. The van der Waals surface area contributed by atoms with Crippen LogP contribution in [-0.4, -0.2) is 34.0 Å². The van der Waals surface area contributed by atoms with Crippen LogP contribution in [0.25, 0.3) is 0 Å². The van der Waals surface area contributed by atoms with E-state index >= 15 is 0 Å². The van der Waals surface area contributed by atoms with Crippen LogP contribution >= 0.6 is 11.8 Å². The Morgan fingerprint density at radius 2 is 2.37 bits per heavy atom. The summed E-state index contributed by atoms with van der Waals surface area (Å²) in [7, 11) is 0. The molecule has 2 unspecified atom stereocenters. The number of fused-ring (bicyclic) bond motifs is 1. The fourth-order valence-electron chi connectivity index (χ4n) is 2.71. The molecule has 0 amide bonds. The number of hydrogen-bond donors (Lipinski definition) is 1. The van der Waals surface area contributed by atoms with Crippen molar-refractivity contribution in [3.8, 4) is 0 Å². The van der Waals surface area contributed by atoms with Gasteiger partial charge in [0.25, 0.3) is 0 Å². The third-order valence-corrected chi connectivity index (χ3v) is 5.27. The number of carboxylic acids is 1. The topological polar surface area (TPSA) is 59.4 Å². The summed E-state index contributed by atoms with van der Waals surface area (Å²) in [5, 5.41) is 10.3. The van der Waals surface area contributed by atoms with Crippen LogP contribution < -0.4 is 0 Å². The van der Waals surface area contributed by atoms with Crippen molar-refractivity contribution in [2.75, 3.05) is 6.61 Å². The molecule has 2 heterocycles. The van der Waals surface area contributed by atoms with E-state index in [9.17, 15) is 9.90 Å². The van der Waals surface area contributed by atoms with Crippen LogP contribution in [0.2, 0.25) is 0 Å². The van der Waals surface area contributed by atoms with Gasteiger partial charge >= 0.3 is 5.97 Å². The van der Waals surface area contributed by atoms with Gasteiger partial charge in [-0.2, -0.15) is 0 Å². The van der Waals surface area contributed by atoms with Gasteiger partial charge in [0, 0.05) is 17.6 Å². The first-order chi connectivity index (χ1) is 9.15. The molecule has 0 bridgehead atoms. The van der Waals surface area contributed by atoms with E-state index in [-0.39, 0.29) is 6.10 Å². The summed E-state index contributed by atoms with van der Waals surface area (Å²) in [4.78, 5) is 16.0. The monoisotopic (exact) mass is 279 g/mol. The summed E-state index contributed by atoms with van der Waals surface area (Å²) < 4.78 is 5.53. The maximum atomic E-state index is 11.4. The molecule has 4 nitrogen and oxygen atoms in total. The van der Waals surface area contributed by atoms with Crippen molar-refractivity contribution in [2.24, 2.45) is 0 Å². The molecule has 1 aromatic heterocycles. The van der Waals surface area contributed by atoms with E-state index in [1.165, 1.54) is 0 Å². The Balaban J connectivity index is 1.92. The lowest BCUT2D eigenvalue weighted by molar-refractivity contribution is 0.0692. The highest BCUT2D eigenvalue weighted by Crippen LogP contribution is 2.35. The fourth-order valence-corrected chi connectivity index (χ4v) is 3.91. The highest BCUT2D eigenvalue weighted by atomic mass is 32.2.